The number of hydrogen-bond acceptors (Lipinski definition) is 9. The van der Waals surface area contributed by atoms with E-state index in [2.05, 4.69) is 4.99 Å². The number of aliphatic imine (C=N–C) groups is 1. The Morgan fingerprint density at radius 1 is 0.971 bits per heavy atom. The number of fused-ring (bicyclic) bond motifs is 2. The lowest BCUT2D eigenvalue weighted by atomic mass is 10.1. The van der Waals surface area contributed by atoms with Crippen molar-refractivity contribution in [2.24, 2.45) is 4.99 Å². The zero-order chi connectivity index (χ0) is 24.8. The first kappa shape index (κ1) is 24.2. The standard InChI is InChI=1S/C19H21N5O8S2/c20-18-23-13-4-5-15(16(11-13)34(30,31)32)24(18)17(21-19(23)22(6-8-25)7-9-26)12-2-1-3-14(10-12)33(27,28)29/h1-5,10-11,19-20,25-26H,6-9H2,(H,27,28,29)(H,30,31,32). The molecule has 0 spiro atoms. The van der Waals surface area contributed by atoms with Crippen molar-refractivity contribution in [2.75, 3.05) is 36.1 Å². The van der Waals surface area contributed by atoms with Crippen molar-refractivity contribution in [3.05, 3.63) is 48.0 Å². The molecule has 3 aliphatic heterocycles. The van der Waals surface area contributed by atoms with E-state index >= 15 is 0 Å². The van der Waals surface area contributed by atoms with Gasteiger partial charge < -0.3 is 10.2 Å². The van der Waals surface area contributed by atoms with E-state index in [1.165, 1.54) is 35.2 Å². The molecule has 2 aromatic carbocycles. The maximum atomic E-state index is 12.1. The molecule has 0 amide bonds. The summed E-state index contributed by atoms with van der Waals surface area (Å²) in [6, 6.07) is 9.14. The highest BCUT2D eigenvalue weighted by Gasteiger charge is 2.43. The van der Waals surface area contributed by atoms with E-state index in [-0.39, 0.29) is 55.0 Å². The minimum absolute atomic E-state index is 0.0410. The first-order valence-corrected chi connectivity index (χ1v) is 12.8. The largest absolute Gasteiger partial charge is 0.395 e. The van der Waals surface area contributed by atoms with Crippen LogP contribution in [-0.2, 0) is 20.2 Å². The lowest BCUT2D eigenvalue weighted by molar-refractivity contribution is 0.127. The second kappa shape index (κ2) is 8.70. The molecule has 15 heteroatoms. The fraction of sp³-hybridized carbons (Fsp3) is 0.263. The summed E-state index contributed by atoms with van der Waals surface area (Å²) in [5, 5.41) is 27.9. The van der Waals surface area contributed by atoms with E-state index in [0.29, 0.717) is 0 Å². The topological polar surface area (TPSA) is 195 Å². The Labute approximate surface area is 195 Å². The summed E-state index contributed by atoms with van der Waals surface area (Å²) < 4.78 is 67.0. The molecule has 5 N–H and O–H groups in total. The zero-order valence-corrected chi connectivity index (χ0v) is 19.1. The van der Waals surface area contributed by atoms with Crippen LogP contribution in [0, 0.1) is 5.41 Å². The third-order valence-corrected chi connectivity index (χ3v) is 7.08. The minimum Gasteiger partial charge on any atom is -0.395 e. The lowest BCUT2D eigenvalue weighted by Gasteiger charge is -2.43. The Morgan fingerprint density at radius 3 is 2.24 bits per heavy atom. The fourth-order valence-corrected chi connectivity index (χ4v) is 5.13. The molecule has 34 heavy (non-hydrogen) atoms. The van der Waals surface area contributed by atoms with Crippen LogP contribution >= 0.6 is 0 Å². The molecule has 13 nitrogen and oxygen atoms in total. The van der Waals surface area contributed by atoms with E-state index in [1.807, 2.05) is 0 Å². The average molecular weight is 512 g/mol. The van der Waals surface area contributed by atoms with Crippen LogP contribution in [0.2, 0.25) is 0 Å². The lowest BCUT2D eigenvalue weighted by Crippen LogP contribution is -2.61. The number of rotatable bonds is 8. The van der Waals surface area contributed by atoms with Crippen LogP contribution in [0.25, 0.3) is 0 Å². The first-order valence-electron chi connectivity index (χ1n) is 9.88. The summed E-state index contributed by atoms with van der Waals surface area (Å²) >= 11 is 0. The van der Waals surface area contributed by atoms with Crippen molar-refractivity contribution in [3.8, 4) is 0 Å². The molecule has 3 aliphatic rings. The van der Waals surface area contributed by atoms with Crippen LogP contribution in [0.15, 0.2) is 57.2 Å². The van der Waals surface area contributed by atoms with Gasteiger partial charge in [-0.25, -0.2) is 4.99 Å². The fourth-order valence-electron chi connectivity index (χ4n) is 3.91. The van der Waals surface area contributed by atoms with Crippen molar-refractivity contribution >= 4 is 43.4 Å². The highest BCUT2D eigenvalue weighted by atomic mass is 32.2. The second-order valence-electron chi connectivity index (χ2n) is 7.44. The van der Waals surface area contributed by atoms with Gasteiger partial charge in [-0.2, -0.15) is 16.8 Å². The van der Waals surface area contributed by atoms with Gasteiger partial charge in [-0.1, -0.05) is 12.1 Å². The Kier molecular flexibility index (Phi) is 6.19. The van der Waals surface area contributed by atoms with Crippen molar-refractivity contribution in [3.63, 3.8) is 0 Å². The van der Waals surface area contributed by atoms with Gasteiger partial charge in [0.25, 0.3) is 20.2 Å². The predicted molar refractivity (Wildman–Crippen MR) is 121 cm³/mol. The number of nitrogens with one attached hydrogen (secondary N) is 1. The molecule has 2 aromatic rings. The van der Waals surface area contributed by atoms with Crippen molar-refractivity contribution in [1.82, 2.24) is 4.90 Å². The van der Waals surface area contributed by atoms with Crippen molar-refractivity contribution in [1.29, 1.82) is 5.41 Å². The molecule has 4 bridgehead atoms. The number of hydrogen-bond donors (Lipinski definition) is 5. The Morgan fingerprint density at radius 2 is 1.65 bits per heavy atom. The highest BCUT2D eigenvalue weighted by molar-refractivity contribution is 7.86. The zero-order valence-electron chi connectivity index (χ0n) is 17.5. The third kappa shape index (κ3) is 4.18. The van der Waals surface area contributed by atoms with Crippen LogP contribution in [0.1, 0.15) is 5.56 Å². The smallest absolute Gasteiger partial charge is 0.296 e. The van der Waals surface area contributed by atoms with Gasteiger partial charge in [0, 0.05) is 24.3 Å². The number of anilines is 2. The first-order chi connectivity index (χ1) is 16.0. The van der Waals surface area contributed by atoms with Crippen molar-refractivity contribution < 1.29 is 36.2 Å². The van der Waals surface area contributed by atoms with Gasteiger partial charge in [0.15, 0.2) is 6.29 Å². The van der Waals surface area contributed by atoms with Crippen LogP contribution < -0.4 is 9.80 Å². The van der Waals surface area contributed by atoms with Gasteiger partial charge in [0.2, 0.25) is 5.96 Å². The molecule has 182 valence electrons. The summed E-state index contributed by atoms with van der Waals surface area (Å²) in [5.74, 6) is -0.312. The predicted octanol–water partition coefficient (Wildman–Crippen LogP) is -0.228. The van der Waals surface area contributed by atoms with Gasteiger partial charge in [-0.15, -0.1) is 0 Å². The molecule has 0 fully saturated rings. The maximum absolute atomic E-state index is 12.1. The molecule has 1 atom stereocenters. The van der Waals surface area contributed by atoms with Crippen LogP contribution in [0.3, 0.4) is 0 Å². The summed E-state index contributed by atoms with van der Waals surface area (Å²) in [5.41, 5.74) is 0.247. The molecule has 1 unspecified atom stereocenters. The molecule has 0 aliphatic carbocycles. The van der Waals surface area contributed by atoms with Gasteiger partial charge in [-0.3, -0.25) is 29.2 Å². The molecule has 5 rings (SSSR count). The van der Waals surface area contributed by atoms with E-state index < -0.39 is 36.3 Å². The molecular formula is C19H21N5O8S2. The third-order valence-electron chi connectivity index (χ3n) is 5.35. The highest BCUT2D eigenvalue weighted by Crippen LogP contribution is 2.40. The number of guanidine groups is 1. The number of benzene rings is 2. The monoisotopic (exact) mass is 511 g/mol. The Bertz CT molecular complexity index is 1390. The average Bonchev–Trinajstić information content (AvgIpc) is 2.90. The minimum atomic E-state index is -4.73. The van der Waals surface area contributed by atoms with Crippen LogP contribution in [0.4, 0.5) is 11.4 Å². The van der Waals surface area contributed by atoms with E-state index in [1.54, 1.807) is 4.90 Å². The molecular weight excluding hydrogens is 490 g/mol. The van der Waals surface area contributed by atoms with E-state index in [4.69, 9.17) is 5.41 Å². The Balaban J connectivity index is 2.01. The van der Waals surface area contributed by atoms with E-state index in [0.717, 1.165) is 17.0 Å². The number of nitrogens with zero attached hydrogens (tertiary/aromatic N) is 4. The molecule has 0 aromatic heterocycles. The summed E-state index contributed by atoms with van der Waals surface area (Å²) in [7, 11) is -9.32. The maximum Gasteiger partial charge on any atom is 0.296 e. The van der Waals surface area contributed by atoms with Crippen LogP contribution in [-0.4, -0.2) is 85.4 Å². The number of aliphatic hydroxyl groups is 2. The van der Waals surface area contributed by atoms with Gasteiger partial charge >= 0.3 is 0 Å². The quantitative estimate of drug-likeness (QED) is 0.294. The molecule has 0 saturated heterocycles. The molecule has 0 radical (unpaired) electrons. The van der Waals surface area contributed by atoms with E-state index in [9.17, 15) is 36.2 Å². The Hall–Kier alpha value is -2.92. The van der Waals surface area contributed by atoms with Crippen molar-refractivity contribution in [2.45, 2.75) is 16.1 Å². The van der Waals surface area contributed by atoms with Gasteiger partial charge in [0.1, 0.15) is 10.7 Å². The number of aliphatic hydroxyl groups excluding tert-OH is 2. The summed E-state index contributed by atoms with van der Waals surface area (Å²) in [4.78, 5) is 7.72. The molecule has 0 saturated carbocycles. The second-order valence-corrected chi connectivity index (χ2v) is 10.3. The number of amidine groups is 1. The normalized spacial score (nSPS) is 17.9. The van der Waals surface area contributed by atoms with Gasteiger partial charge in [-0.05, 0) is 30.3 Å². The van der Waals surface area contributed by atoms with Gasteiger partial charge in [0.05, 0.1) is 23.8 Å². The summed E-state index contributed by atoms with van der Waals surface area (Å²) in [6.07, 6.45) is -1.04. The summed E-state index contributed by atoms with van der Waals surface area (Å²) in [6.45, 7) is -0.531. The SMILES string of the molecule is N=C1N2C(c3cccc(S(=O)(=O)O)c3)=NC(N(CCO)CCO)N1c1ccc2c(S(=O)(=O)O)c1. The molecule has 3 heterocycles. The van der Waals surface area contributed by atoms with Crippen LogP contribution in [0.5, 0.6) is 0 Å².